The van der Waals surface area contributed by atoms with Gasteiger partial charge < -0.3 is 19.6 Å². The zero-order valence-corrected chi connectivity index (χ0v) is 13.9. The van der Waals surface area contributed by atoms with Gasteiger partial charge in [0.15, 0.2) is 0 Å². The molecule has 6 nitrogen and oxygen atoms in total. The number of rotatable bonds is 5. The van der Waals surface area contributed by atoms with E-state index < -0.39 is 11.7 Å². The lowest BCUT2D eigenvalue weighted by molar-refractivity contribution is -0.142. The van der Waals surface area contributed by atoms with Crippen molar-refractivity contribution in [1.29, 1.82) is 0 Å². The molecule has 2 aliphatic rings. The molecule has 2 fully saturated rings. The summed E-state index contributed by atoms with van der Waals surface area (Å²) >= 11 is 0. The number of aliphatic hydroxyl groups is 1. The summed E-state index contributed by atoms with van der Waals surface area (Å²) in [5.41, 5.74) is -0.446. The van der Waals surface area contributed by atoms with E-state index >= 15 is 0 Å². The van der Waals surface area contributed by atoms with Crippen LogP contribution in [0.5, 0.6) is 0 Å². The summed E-state index contributed by atoms with van der Waals surface area (Å²) in [5.74, 6) is 0.271. The molecule has 0 aromatic rings. The Bertz CT molecular complexity index is 412. The number of carbonyl (C=O) groups excluding carboxylic acids is 2. The first-order chi connectivity index (χ1) is 10.4. The minimum atomic E-state index is -0.966. The lowest BCUT2D eigenvalue weighted by atomic mass is 9.90. The van der Waals surface area contributed by atoms with E-state index in [0.29, 0.717) is 38.4 Å². The van der Waals surface area contributed by atoms with Crippen molar-refractivity contribution in [2.75, 3.05) is 26.2 Å². The average molecular weight is 312 g/mol. The molecule has 6 heteroatoms. The van der Waals surface area contributed by atoms with Crippen molar-refractivity contribution in [2.45, 2.75) is 58.2 Å². The second-order valence-corrected chi connectivity index (χ2v) is 6.62. The third-order valence-corrected chi connectivity index (χ3v) is 5.02. The van der Waals surface area contributed by atoms with Gasteiger partial charge in [-0.05, 0) is 12.8 Å². The maximum atomic E-state index is 12.1. The molecule has 2 rings (SSSR count). The Kier molecular flexibility index (Phi) is 5.32. The van der Waals surface area contributed by atoms with Crippen molar-refractivity contribution in [3.8, 4) is 0 Å². The topological polar surface area (TPSA) is 70.1 Å². The zero-order chi connectivity index (χ0) is 16.3. The summed E-state index contributed by atoms with van der Waals surface area (Å²) in [7, 11) is 0. The van der Waals surface area contributed by atoms with E-state index in [2.05, 4.69) is 13.8 Å². The summed E-state index contributed by atoms with van der Waals surface area (Å²) in [5, 5.41) is 9.38. The third-order valence-electron chi connectivity index (χ3n) is 5.02. The minimum absolute atomic E-state index is 0.220. The predicted octanol–water partition coefficient (Wildman–Crippen LogP) is 1.62. The number of carbonyl (C=O) groups is 2. The molecule has 0 saturated carbocycles. The second-order valence-electron chi connectivity index (χ2n) is 6.62. The van der Waals surface area contributed by atoms with Gasteiger partial charge in [-0.2, -0.15) is 0 Å². The first-order valence-corrected chi connectivity index (χ1v) is 8.35. The molecule has 0 aromatic heterocycles. The molecule has 2 amide bonds. The molecule has 0 radical (unpaired) electrons. The third kappa shape index (κ3) is 3.54. The van der Waals surface area contributed by atoms with Crippen LogP contribution < -0.4 is 0 Å². The van der Waals surface area contributed by atoms with E-state index in [1.807, 2.05) is 4.90 Å². The van der Waals surface area contributed by atoms with Gasteiger partial charge >= 0.3 is 6.09 Å². The number of ether oxygens (including phenoxy) is 1. The van der Waals surface area contributed by atoms with E-state index in [1.54, 1.807) is 4.90 Å². The van der Waals surface area contributed by atoms with Crippen LogP contribution in [0.1, 0.15) is 46.5 Å². The smallest absolute Gasteiger partial charge is 0.410 e. The minimum Gasteiger partial charge on any atom is -0.441 e. The van der Waals surface area contributed by atoms with Crippen molar-refractivity contribution in [2.24, 2.45) is 5.92 Å². The fraction of sp³-hybridized carbons (Fsp3) is 0.875. The monoisotopic (exact) mass is 312 g/mol. The molecule has 22 heavy (non-hydrogen) atoms. The largest absolute Gasteiger partial charge is 0.441 e. The van der Waals surface area contributed by atoms with Crippen molar-refractivity contribution >= 4 is 12.0 Å². The highest BCUT2D eigenvalue weighted by Gasteiger charge is 2.47. The van der Waals surface area contributed by atoms with Crippen LogP contribution in [0, 0.1) is 5.92 Å². The molecule has 0 bridgehead atoms. The summed E-state index contributed by atoms with van der Waals surface area (Å²) in [4.78, 5) is 27.4. The maximum Gasteiger partial charge on any atom is 0.410 e. The SMILES string of the molecule is CCC(CC)CN1CC2(CCN(C(=O)[C@@H](C)O)CC2)OC1=O. The van der Waals surface area contributed by atoms with Gasteiger partial charge in [-0.25, -0.2) is 4.79 Å². The Morgan fingerprint density at radius 1 is 1.32 bits per heavy atom. The Morgan fingerprint density at radius 3 is 2.41 bits per heavy atom. The van der Waals surface area contributed by atoms with Crippen molar-refractivity contribution in [1.82, 2.24) is 9.80 Å². The normalized spacial score (nSPS) is 22.3. The quantitative estimate of drug-likeness (QED) is 0.837. The van der Waals surface area contributed by atoms with Crippen molar-refractivity contribution in [3.63, 3.8) is 0 Å². The van der Waals surface area contributed by atoms with Crippen molar-refractivity contribution in [3.05, 3.63) is 0 Å². The van der Waals surface area contributed by atoms with Crippen LogP contribution in [0.25, 0.3) is 0 Å². The van der Waals surface area contributed by atoms with Gasteiger partial charge in [0.05, 0.1) is 6.54 Å². The molecule has 1 atom stereocenters. The molecular formula is C16H28N2O4. The highest BCUT2D eigenvalue weighted by Crippen LogP contribution is 2.34. The van der Waals surface area contributed by atoms with Gasteiger partial charge in [0.1, 0.15) is 11.7 Å². The molecule has 2 heterocycles. The molecule has 126 valence electrons. The Morgan fingerprint density at radius 2 is 1.91 bits per heavy atom. The van der Waals surface area contributed by atoms with E-state index in [1.165, 1.54) is 6.92 Å². The van der Waals surface area contributed by atoms with Gasteiger partial charge in [-0.15, -0.1) is 0 Å². The highest BCUT2D eigenvalue weighted by molar-refractivity contribution is 5.80. The number of amides is 2. The lowest BCUT2D eigenvalue weighted by Crippen LogP contribution is -2.50. The van der Waals surface area contributed by atoms with E-state index in [4.69, 9.17) is 4.74 Å². The van der Waals surface area contributed by atoms with Crippen LogP contribution >= 0.6 is 0 Å². The van der Waals surface area contributed by atoms with Gasteiger partial charge in [0.25, 0.3) is 5.91 Å². The van der Waals surface area contributed by atoms with E-state index in [9.17, 15) is 14.7 Å². The Hall–Kier alpha value is -1.30. The van der Waals surface area contributed by atoms with Crippen LogP contribution in [0.3, 0.4) is 0 Å². The molecule has 0 unspecified atom stereocenters. The van der Waals surface area contributed by atoms with Gasteiger partial charge in [0, 0.05) is 32.5 Å². The highest BCUT2D eigenvalue weighted by atomic mass is 16.6. The first-order valence-electron chi connectivity index (χ1n) is 8.35. The summed E-state index contributed by atoms with van der Waals surface area (Å²) in [6, 6.07) is 0. The standard InChI is InChI=1S/C16H28N2O4/c1-4-13(5-2)10-18-11-16(22-15(18)21)6-8-17(9-7-16)14(20)12(3)19/h12-13,19H,4-11H2,1-3H3/t12-/m1/s1. The molecule has 2 aliphatic heterocycles. The summed E-state index contributed by atoms with van der Waals surface area (Å²) in [6.07, 6.45) is 2.23. The average Bonchev–Trinajstić information content (AvgIpc) is 2.80. The fourth-order valence-electron chi connectivity index (χ4n) is 3.35. The molecule has 1 N–H and O–H groups in total. The van der Waals surface area contributed by atoms with Gasteiger partial charge in [-0.3, -0.25) is 4.79 Å². The fourth-order valence-corrected chi connectivity index (χ4v) is 3.35. The maximum absolute atomic E-state index is 12.1. The second kappa shape index (κ2) is 6.86. The molecular weight excluding hydrogens is 284 g/mol. The van der Waals surface area contributed by atoms with Crippen LogP contribution in [0.2, 0.25) is 0 Å². The van der Waals surface area contributed by atoms with Crippen LogP contribution in [-0.4, -0.2) is 64.8 Å². The molecule has 0 aromatic carbocycles. The van der Waals surface area contributed by atoms with Crippen molar-refractivity contribution < 1.29 is 19.4 Å². The van der Waals surface area contributed by atoms with Crippen LogP contribution in [0.4, 0.5) is 4.79 Å². The number of aliphatic hydroxyl groups excluding tert-OH is 1. The Labute approximate surface area is 132 Å². The van der Waals surface area contributed by atoms with Crippen LogP contribution in [0.15, 0.2) is 0 Å². The van der Waals surface area contributed by atoms with E-state index in [-0.39, 0.29) is 12.0 Å². The zero-order valence-electron chi connectivity index (χ0n) is 13.9. The van der Waals surface area contributed by atoms with Crippen LogP contribution in [-0.2, 0) is 9.53 Å². The molecule has 2 saturated heterocycles. The number of hydrogen-bond acceptors (Lipinski definition) is 4. The first kappa shape index (κ1) is 17.1. The number of hydrogen-bond donors (Lipinski definition) is 1. The Balaban J connectivity index is 1.92. The molecule has 1 spiro atoms. The molecule has 0 aliphatic carbocycles. The number of piperidine rings is 1. The summed E-state index contributed by atoms with van der Waals surface area (Å²) in [6.45, 7) is 8.23. The van der Waals surface area contributed by atoms with E-state index in [0.717, 1.165) is 19.4 Å². The summed E-state index contributed by atoms with van der Waals surface area (Å²) < 4.78 is 5.67. The number of nitrogens with zero attached hydrogens (tertiary/aromatic N) is 2. The van der Waals surface area contributed by atoms with Gasteiger partial charge in [0.2, 0.25) is 0 Å². The predicted molar refractivity (Wildman–Crippen MR) is 82.4 cm³/mol. The van der Waals surface area contributed by atoms with Gasteiger partial charge in [-0.1, -0.05) is 26.7 Å². The number of likely N-dealkylation sites (tertiary alicyclic amines) is 1. The lowest BCUT2D eigenvalue weighted by Gasteiger charge is -2.37.